The van der Waals surface area contributed by atoms with Gasteiger partial charge in [-0.3, -0.25) is 18.9 Å². The summed E-state index contributed by atoms with van der Waals surface area (Å²) in [5, 5.41) is 0. The van der Waals surface area contributed by atoms with Gasteiger partial charge in [0, 0.05) is 38.7 Å². The summed E-state index contributed by atoms with van der Waals surface area (Å²) in [4.78, 5) is 36.0. The van der Waals surface area contributed by atoms with Crippen molar-refractivity contribution >= 4 is 51.7 Å². The van der Waals surface area contributed by atoms with Crippen LogP contribution < -0.4 is 10.5 Å². The second-order valence-electron chi connectivity index (χ2n) is 9.43. The van der Waals surface area contributed by atoms with E-state index in [0.717, 1.165) is 19.3 Å². The molecule has 36 heavy (non-hydrogen) atoms. The van der Waals surface area contributed by atoms with Crippen LogP contribution in [0.2, 0.25) is 0 Å². The topological polar surface area (TPSA) is 76.4 Å². The molecular weight excluding hydrogens is 496 g/mol. The average molecular weight is 529 g/mol. The number of aromatic nitrogens is 2. The average Bonchev–Trinajstić information content (AvgIpc) is 3.45. The Morgan fingerprint density at radius 3 is 2.61 bits per heavy atom. The second kappa shape index (κ2) is 11.0. The summed E-state index contributed by atoms with van der Waals surface area (Å²) < 4.78 is 13.8. The number of nitrogens with zero attached hydrogens (tertiary/aromatic N) is 4. The molecule has 192 valence electrons. The molecular formula is C26H32N4O4S2. The summed E-state index contributed by atoms with van der Waals surface area (Å²) in [5.74, 6) is -0.0690. The smallest absolute Gasteiger partial charge is 0.267 e. The van der Waals surface area contributed by atoms with Gasteiger partial charge in [0.15, 0.2) is 5.79 Å². The fourth-order valence-electron chi connectivity index (χ4n) is 5.00. The number of hydrogen-bond acceptors (Lipinski definition) is 8. The van der Waals surface area contributed by atoms with Gasteiger partial charge in [0.2, 0.25) is 0 Å². The second-order valence-corrected chi connectivity index (χ2v) is 11.1. The lowest BCUT2D eigenvalue weighted by Gasteiger charge is -2.38. The highest BCUT2D eigenvalue weighted by Gasteiger charge is 2.41. The summed E-state index contributed by atoms with van der Waals surface area (Å²) in [5.41, 5.74) is 0.781. The van der Waals surface area contributed by atoms with Crippen molar-refractivity contribution in [3.05, 3.63) is 45.2 Å². The molecule has 3 fully saturated rings. The molecule has 1 amide bonds. The lowest BCUT2D eigenvalue weighted by atomic mass is 10.0. The molecule has 0 atom stereocenters. The number of piperidine rings is 1. The van der Waals surface area contributed by atoms with Gasteiger partial charge in [0.25, 0.3) is 11.5 Å². The van der Waals surface area contributed by atoms with Crippen molar-refractivity contribution in [3.8, 4) is 0 Å². The van der Waals surface area contributed by atoms with Crippen molar-refractivity contribution in [2.45, 2.75) is 57.7 Å². The molecule has 8 nitrogen and oxygen atoms in total. The van der Waals surface area contributed by atoms with Crippen LogP contribution in [-0.4, -0.2) is 63.1 Å². The van der Waals surface area contributed by atoms with Gasteiger partial charge in [-0.05, 0) is 24.6 Å². The van der Waals surface area contributed by atoms with Crippen molar-refractivity contribution in [1.29, 1.82) is 0 Å². The first-order chi connectivity index (χ1) is 17.5. The maximum absolute atomic E-state index is 13.6. The highest BCUT2D eigenvalue weighted by atomic mass is 32.2. The van der Waals surface area contributed by atoms with E-state index in [9.17, 15) is 9.59 Å². The van der Waals surface area contributed by atoms with E-state index in [4.69, 9.17) is 26.7 Å². The van der Waals surface area contributed by atoms with Crippen LogP contribution in [0.3, 0.4) is 0 Å². The Hall–Kier alpha value is -2.27. The van der Waals surface area contributed by atoms with Crippen molar-refractivity contribution < 1.29 is 14.3 Å². The van der Waals surface area contributed by atoms with Crippen molar-refractivity contribution in [2.75, 3.05) is 37.7 Å². The molecule has 0 aliphatic carbocycles. The van der Waals surface area contributed by atoms with Crippen LogP contribution in [0.5, 0.6) is 0 Å². The van der Waals surface area contributed by atoms with Crippen LogP contribution in [-0.2, 0) is 14.3 Å². The van der Waals surface area contributed by atoms with Crippen LogP contribution in [0.15, 0.2) is 34.1 Å². The van der Waals surface area contributed by atoms with Crippen LogP contribution in [0.1, 0.15) is 57.4 Å². The van der Waals surface area contributed by atoms with E-state index in [1.807, 2.05) is 12.1 Å². The van der Waals surface area contributed by atoms with E-state index in [-0.39, 0.29) is 11.5 Å². The number of fused-ring (bicyclic) bond motifs is 1. The van der Waals surface area contributed by atoms with Gasteiger partial charge in [-0.1, -0.05) is 62.7 Å². The highest BCUT2D eigenvalue weighted by molar-refractivity contribution is 8.26. The van der Waals surface area contributed by atoms with Crippen LogP contribution in [0, 0.1) is 0 Å². The van der Waals surface area contributed by atoms with Crippen molar-refractivity contribution in [1.82, 2.24) is 14.3 Å². The molecule has 0 radical (unpaired) electrons. The van der Waals surface area contributed by atoms with Gasteiger partial charge in [0.1, 0.15) is 15.8 Å². The molecule has 2 aromatic rings. The number of unbranched alkanes of at least 4 members (excludes halogenated alkanes) is 4. The zero-order valence-electron chi connectivity index (χ0n) is 20.6. The third kappa shape index (κ3) is 5.09. The number of thiocarbonyl (C=S) groups is 1. The number of ether oxygens (including phenoxy) is 2. The number of rotatable bonds is 8. The monoisotopic (exact) mass is 528 g/mol. The van der Waals surface area contributed by atoms with E-state index >= 15 is 0 Å². The molecule has 0 unspecified atom stereocenters. The molecule has 5 heterocycles. The lowest BCUT2D eigenvalue weighted by Crippen LogP contribution is -2.46. The summed E-state index contributed by atoms with van der Waals surface area (Å²) in [6.45, 7) is 5.32. The minimum Gasteiger partial charge on any atom is -0.355 e. The third-order valence-corrected chi connectivity index (χ3v) is 8.40. The van der Waals surface area contributed by atoms with E-state index in [1.54, 1.807) is 23.2 Å². The van der Waals surface area contributed by atoms with Gasteiger partial charge < -0.3 is 14.4 Å². The van der Waals surface area contributed by atoms with Crippen LogP contribution >= 0.6 is 24.0 Å². The zero-order valence-corrected chi connectivity index (χ0v) is 22.2. The molecule has 1 spiro atoms. The minimum absolute atomic E-state index is 0.130. The number of thioether (sulfide) groups is 1. The maximum atomic E-state index is 13.6. The Bertz CT molecular complexity index is 1230. The zero-order chi connectivity index (χ0) is 25.1. The number of pyridine rings is 1. The van der Waals surface area contributed by atoms with Gasteiger partial charge in [0.05, 0.1) is 23.7 Å². The largest absolute Gasteiger partial charge is 0.355 e. The summed E-state index contributed by atoms with van der Waals surface area (Å²) in [7, 11) is 0. The molecule has 3 saturated heterocycles. The first kappa shape index (κ1) is 25.4. The molecule has 0 bridgehead atoms. The molecule has 3 aliphatic rings. The summed E-state index contributed by atoms with van der Waals surface area (Å²) in [6.07, 6.45) is 10.3. The van der Waals surface area contributed by atoms with Gasteiger partial charge in [-0.25, -0.2) is 4.98 Å². The molecule has 3 aliphatic heterocycles. The van der Waals surface area contributed by atoms with Gasteiger partial charge >= 0.3 is 0 Å². The molecule has 5 rings (SSSR count). The standard InChI is InChI=1S/C26H32N4O4S2/c1-2-3-4-5-7-13-30-24(32)20(36-25(30)35)18-19-22(27-21-9-6-8-12-29(21)23(19)31)28-14-10-26(11-15-28)33-16-17-34-26/h6,8-9,12,18H,2-5,7,10-11,13-17H2,1H3. The molecule has 0 aromatic carbocycles. The molecule has 10 heteroatoms. The normalized spacial score (nSPS) is 21.0. The summed E-state index contributed by atoms with van der Waals surface area (Å²) in [6, 6.07) is 5.49. The molecule has 0 saturated carbocycles. The fourth-order valence-corrected chi connectivity index (χ4v) is 6.29. The van der Waals surface area contributed by atoms with E-state index in [0.29, 0.717) is 71.9 Å². The Morgan fingerprint density at radius 2 is 1.86 bits per heavy atom. The number of carbonyl (C=O) groups excluding carboxylic acids is 1. The van der Waals surface area contributed by atoms with Gasteiger partial charge in [-0.2, -0.15) is 0 Å². The predicted molar refractivity (Wildman–Crippen MR) is 146 cm³/mol. The SMILES string of the molecule is CCCCCCCN1C(=O)C(=Cc2c(N3CCC4(CC3)OCCO4)nc3ccccn3c2=O)SC1=S. The van der Waals surface area contributed by atoms with Crippen molar-refractivity contribution in [3.63, 3.8) is 0 Å². The van der Waals surface area contributed by atoms with Crippen LogP contribution in [0.25, 0.3) is 11.7 Å². The summed E-state index contributed by atoms with van der Waals surface area (Å²) >= 11 is 6.79. The fraction of sp³-hybridized carbons (Fsp3) is 0.538. The number of anilines is 1. The molecule has 2 aromatic heterocycles. The first-order valence-electron chi connectivity index (χ1n) is 12.8. The Morgan fingerprint density at radius 1 is 1.11 bits per heavy atom. The van der Waals surface area contributed by atoms with Crippen LogP contribution in [0.4, 0.5) is 5.82 Å². The quantitative estimate of drug-likeness (QED) is 0.287. The maximum Gasteiger partial charge on any atom is 0.267 e. The minimum atomic E-state index is -0.526. The third-order valence-electron chi connectivity index (χ3n) is 7.02. The van der Waals surface area contributed by atoms with E-state index in [1.165, 1.54) is 29.0 Å². The number of carbonyl (C=O) groups is 1. The Labute approximate surface area is 220 Å². The molecule has 0 N–H and O–H groups in total. The van der Waals surface area contributed by atoms with E-state index in [2.05, 4.69) is 11.8 Å². The number of amides is 1. The number of hydrogen-bond donors (Lipinski definition) is 0. The Kier molecular flexibility index (Phi) is 7.76. The highest BCUT2D eigenvalue weighted by Crippen LogP contribution is 2.36. The predicted octanol–water partition coefficient (Wildman–Crippen LogP) is 4.21. The first-order valence-corrected chi connectivity index (χ1v) is 14.0. The lowest BCUT2D eigenvalue weighted by molar-refractivity contribution is -0.169. The van der Waals surface area contributed by atoms with E-state index < -0.39 is 5.79 Å². The van der Waals surface area contributed by atoms with Crippen molar-refractivity contribution in [2.24, 2.45) is 0 Å². The Balaban J connectivity index is 1.43. The van der Waals surface area contributed by atoms with Gasteiger partial charge in [-0.15, -0.1) is 0 Å².